The van der Waals surface area contributed by atoms with Gasteiger partial charge in [-0.25, -0.2) is 0 Å². The lowest BCUT2D eigenvalue weighted by Gasteiger charge is -2.21. The fourth-order valence-electron chi connectivity index (χ4n) is 2.26. The minimum Gasteiger partial charge on any atom is -0.497 e. The SMILES string of the molecule is COc1ccc(CO[C@H](C)CC#CCOC2CCCCO2)cc1. The lowest BCUT2D eigenvalue weighted by Crippen LogP contribution is -2.22. The Morgan fingerprint density at radius 3 is 2.74 bits per heavy atom. The van der Waals surface area contributed by atoms with Crippen LogP contribution in [0.4, 0.5) is 0 Å². The van der Waals surface area contributed by atoms with Gasteiger partial charge in [-0.3, -0.25) is 0 Å². The van der Waals surface area contributed by atoms with E-state index >= 15 is 0 Å². The first-order valence-corrected chi connectivity index (χ1v) is 8.21. The van der Waals surface area contributed by atoms with Crippen molar-refractivity contribution < 1.29 is 18.9 Å². The van der Waals surface area contributed by atoms with Crippen LogP contribution in [-0.2, 0) is 20.8 Å². The molecule has 0 radical (unpaired) electrons. The van der Waals surface area contributed by atoms with E-state index in [1.807, 2.05) is 31.2 Å². The highest BCUT2D eigenvalue weighted by atomic mass is 16.7. The molecule has 1 aliphatic heterocycles. The molecule has 2 rings (SSSR count). The summed E-state index contributed by atoms with van der Waals surface area (Å²) in [6.07, 6.45) is 4.01. The third kappa shape index (κ3) is 7.04. The van der Waals surface area contributed by atoms with Crippen molar-refractivity contribution >= 4 is 0 Å². The van der Waals surface area contributed by atoms with Gasteiger partial charge in [0.2, 0.25) is 0 Å². The van der Waals surface area contributed by atoms with Gasteiger partial charge in [0.1, 0.15) is 12.4 Å². The van der Waals surface area contributed by atoms with E-state index in [2.05, 4.69) is 11.8 Å². The molecular formula is C19H26O4. The van der Waals surface area contributed by atoms with Gasteiger partial charge < -0.3 is 18.9 Å². The Bertz CT molecular complexity index is 494. The fraction of sp³-hybridized carbons (Fsp3) is 0.579. The number of hydrogen-bond donors (Lipinski definition) is 0. The van der Waals surface area contributed by atoms with E-state index in [0.29, 0.717) is 19.6 Å². The molecule has 1 fully saturated rings. The van der Waals surface area contributed by atoms with E-state index in [9.17, 15) is 0 Å². The van der Waals surface area contributed by atoms with Crippen molar-refractivity contribution in [1.82, 2.24) is 0 Å². The van der Waals surface area contributed by atoms with Crippen molar-refractivity contribution in [2.24, 2.45) is 0 Å². The van der Waals surface area contributed by atoms with Gasteiger partial charge in [0.25, 0.3) is 0 Å². The smallest absolute Gasteiger partial charge is 0.158 e. The van der Waals surface area contributed by atoms with Crippen LogP contribution in [0.15, 0.2) is 24.3 Å². The lowest BCUT2D eigenvalue weighted by atomic mass is 10.2. The summed E-state index contributed by atoms with van der Waals surface area (Å²) in [5.74, 6) is 6.99. The predicted molar refractivity (Wildman–Crippen MR) is 89.2 cm³/mol. The summed E-state index contributed by atoms with van der Waals surface area (Å²) < 4.78 is 22.0. The molecule has 0 saturated carbocycles. The molecule has 126 valence electrons. The zero-order chi connectivity index (χ0) is 16.3. The van der Waals surface area contributed by atoms with Crippen molar-refractivity contribution in [2.75, 3.05) is 20.3 Å². The minimum atomic E-state index is -0.0678. The van der Waals surface area contributed by atoms with Crippen LogP contribution >= 0.6 is 0 Å². The Morgan fingerprint density at radius 1 is 1.22 bits per heavy atom. The van der Waals surface area contributed by atoms with Crippen LogP contribution in [0.3, 0.4) is 0 Å². The Labute approximate surface area is 139 Å². The minimum absolute atomic E-state index is 0.0678. The van der Waals surface area contributed by atoms with Crippen LogP contribution in [0.1, 0.15) is 38.2 Å². The van der Waals surface area contributed by atoms with Crippen molar-refractivity contribution in [3.63, 3.8) is 0 Å². The Hall–Kier alpha value is -1.54. The topological polar surface area (TPSA) is 36.9 Å². The third-order valence-corrected chi connectivity index (χ3v) is 3.69. The summed E-state index contributed by atoms with van der Waals surface area (Å²) in [7, 11) is 1.66. The molecular weight excluding hydrogens is 292 g/mol. The molecule has 1 saturated heterocycles. The van der Waals surface area contributed by atoms with E-state index in [4.69, 9.17) is 18.9 Å². The molecule has 1 aromatic carbocycles. The van der Waals surface area contributed by atoms with Crippen LogP contribution in [0.5, 0.6) is 5.75 Å². The molecule has 1 aromatic rings. The Morgan fingerprint density at radius 2 is 2.04 bits per heavy atom. The van der Waals surface area contributed by atoms with Gasteiger partial charge in [-0.1, -0.05) is 24.0 Å². The van der Waals surface area contributed by atoms with Crippen LogP contribution in [0.25, 0.3) is 0 Å². The second-order valence-corrected chi connectivity index (χ2v) is 5.63. The van der Waals surface area contributed by atoms with Crippen molar-refractivity contribution in [1.29, 1.82) is 0 Å². The van der Waals surface area contributed by atoms with Gasteiger partial charge >= 0.3 is 0 Å². The zero-order valence-corrected chi connectivity index (χ0v) is 14.0. The quantitative estimate of drug-likeness (QED) is 0.721. The first-order chi connectivity index (χ1) is 11.3. The van der Waals surface area contributed by atoms with E-state index in [-0.39, 0.29) is 12.4 Å². The number of rotatable bonds is 7. The van der Waals surface area contributed by atoms with Crippen LogP contribution in [0.2, 0.25) is 0 Å². The van der Waals surface area contributed by atoms with Crippen LogP contribution in [-0.4, -0.2) is 32.7 Å². The van der Waals surface area contributed by atoms with Gasteiger partial charge in [-0.15, -0.1) is 0 Å². The monoisotopic (exact) mass is 318 g/mol. The normalized spacial score (nSPS) is 18.8. The summed E-state index contributed by atoms with van der Waals surface area (Å²) in [4.78, 5) is 0. The van der Waals surface area contributed by atoms with Crippen molar-refractivity contribution in [3.05, 3.63) is 29.8 Å². The van der Waals surface area contributed by atoms with Crippen LogP contribution in [0, 0.1) is 11.8 Å². The largest absolute Gasteiger partial charge is 0.497 e. The average molecular weight is 318 g/mol. The summed E-state index contributed by atoms with van der Waals surface area (Å²) in [6, 6.07) is 7.90. The third-order valence-electron chi connectivity index (χ3n) is 3.69. The predicted octanol–water partition coefficient (Wildman–Crippen LogP) is 3.54. The molecule has 4 heteroatoms. The highest BCUT2D eigenvalue weighted by Crippen LogP contribution is 2.14. The molecule has 1 heterocycles. The maximum absolute atomic E-state index is 5.79. The lowest BCUT2D eigenvalue weighted by molar-refractivity contribution is -0.154. The van der Waals surface area contributed by atoms with E-state index < -0.39 is 0 Å². The summed E-state index contributed by atoms with van der Waals surface area (Å²) in [5.41, 5.74) is 1.13. The van der Waals surface area contributed by atoms with Crippen molar-refractivity contribution in [3.8, 4) is 17.6 Å². The first kappa shape index (κ1) is 17.8. The van der Waals surface area contributed by atoms with Gasteiger partial charge in [0, 0.05) is 13.0 Å². The second kappa shape index (κ2) is 10.3. The summed E-state index contributed by atoms with van der Waals surface area (Å²) in [6.45, 7) is 3.84. The van der Waals surface area contributed by atoms with Crippen LogP contribution < -0.4 is 4.74 Å². The number of benzene rings is 1. The molecule has 1 aliphatic rings. The molecule has 0 spiro atoms. The zero-order valence-electron chi connectivity index (χ0n) is 14.0. The maximum Gasteiger partial charge on any atom is 0.158 e. The molecule has 0 bridgehead atoms. The number of ether oxygens (including phenoxy) is 4. The average Bonchev–Trinajstić information content (AvgIpc) is 2.61. The maximum atomic E-state index is 5.79. The van der Waals surface area contributed by atoms with E-state index in [1.54, 1.807) is 7.11 Å². The Kier molecular flexibility index (Phi) is 7.96. The molecule has 0 aromatic heterocycles. The van der Waals surface area contributed by atoms with Gasteiger partial charge in [-0.05, 0) is 43.9 Å². The standard InChI is InChI=1S/C19H26O4/c1-16(23-15-17-9-11-18(20-2)12-10-17)7-3-5-13-21-19-8-4-6-14-22-19/h9-12,16,19H,4,6-8,13-15H2,1-2H3/t16-,19?/m1/s1. The summed E-state index contributed by atoms with van der Waals surface area (Å²) >= 11 is 0. The summed E-state index contributed by atoms with van der Waals surface area (Å²) in [5, 5.41) is 0. The molecule has 2 atom stereocenters. The number of methoxy groups -OCH3 is 1. The van der Waals surface area contributed by atoms with Gasteiger partial charge in [0.15, 0.2) is 6.29 Å². The fourth-order valence-corrected chi connectivity index (χ4v) is 2.26. The first-order valence-electron chi connectivity index (χ1n) is 8.21. The second-order valence-electron chi connectivity index (χ2n) is 5.63. The highest BCUT2D eigenvalue weighted by molar-refractivity contribution is 5.26. The Balaban J connectivity index is 1.59. The van der Waals surface area contributed by atoms with E-state index in [0.717, 1.165) is 30.8 Å². The molecule has 0 N–H and O–H groups in total. The van der Waals surface area contributed by atoms with Crippen molar-refractivity contribution in [2.45, 2.75) is 51.6 Å². The molecule has 0 amide bonds. The number of hydrogen-bond acceptors (Lipinski definition) is 4. The molecule has 1 unspecified atom stereocenters. The van der Waals surface area contributed by atoms with Gasteiger partial charge in [-0.2, -0.15) is 0 Å². The molecule has 23 heavy (non-hydrogen) atoms. The van der Waals surface area contributed by atoms with E-state index in [1.165, 1.54) is 6.42 Å². The highest BCUT2D eigenvalue weighted by Gasteiger charge is 2.12. The molecule has 4 nitrogen and oxygen atoms in total. The van der Waals surface area contributed by atoms with Gasteiger partial charge in [0.05, 0.1) is 19.8 Å². The molecule has 0 aliphatic carbocycles.